The van der Waals surface area contributed by atoms with Crippen molar-refractivity contribution >= 4 is 34.4 Å². The molecule has 0 aliphatic carbocycles. The zero-order valence-electron chi connectivity index (χ0n) is 11.5. The Morgan fingerprint density at radius 2 is 2.10 bits per heavy atom. The lowest BCUT2D eigenvalue weighted by atomic mass is 10.1. The number of hydrogen-bond acceptors (Lipinski definition) is 3. The lowest BCUT2D eigenvalue weighted by Gasteiger charge is -2.30. The molecule has 6 heteroatoms. The third-order valence-electron chi connectivity index (χ3n) is 3.94. The zero-order valence-corrected chi connectivity index (χ0v) is 13.0. The minimum Gasteiger partial charge on any atom is -0.309 e. The molecule has 1 fully saturated rings. The van der Waals surface area contributed by atoms with Crippen LogP contribution in [0.2, 0.25) is 5.02 Å². The molecule has 20 heavy (non-hydrogen) atoms. The summed E-state index contributed by atoms with van der Waals surface area (Å²) in [7, 11) is 2.17. The Morgan fingerprint density at radius 1 is 1.35 bits per heavy atom. The molecule has 3 heterocycles. The molecule has 0 radical (unpaired) electrons. The van der Waals surface area contributed by atoms with Gasteiger partial charge in [0.25, 0.3) is 0 Å². The van der Waals surface area contributed by atoms with Crippen molar-refractivity contribution in [1.29, 1.82) is 0 Å². The molecule has 0 saturated carbocycles. The molecule has 4 nitrogen and oxygen atoms in total. The number of aromatic nitrogens is 3. The van der Waals surface area contributed by atoms with Crippen LogP contribution in [0.1, 0.15) is 24.7 Å². The van der Waals surface area contributed by atoms with Crippen LogP contribution in [0.5, 0.6) is 0 Å². The predicted molar refractivity (Wildman–Crippen MR) is 82.7 cm³/mol. The fourth-order valence-corrected chi connectivity index (χ4v) is 3.22. The van der Waals surface area contributed by atoms with Gasteiger partial charge in [-0.1, -0.05) is 11.6 Å². The first-order valence-electron chi connectivity index (χ1n) is 6.96. The van der Waals surface area contributed by atoms with Gasteiger partial charge >= 0.3 is 0 Å². The number of rotatable bonds is 3. The van der Waals surface area contributed by atoms with Crippen LogP contribution >= 0.6 is 23.2 Å². The normalized spacial score (nSPS) is 17.9. The first-order chi connectivity index (χ1) is 9.69. The van der Waals surface area contributed by atoms with E-state index in [4.69, 9.17) is 23.2 Å². The van der Waals surface area contributed by atoms with Crippen LogP contribution in [-0.4, -0.2) is 45.5 Å². The van der Waals surface area contributed by atoms with Crippen molar-refractivity contribution in [2.24, 2.45) is 0 Å². The summed E-state index contributed by atoms with van der Waals surface area (Å²) in [5, 5.41) is 0.628. The number of imidazole rings is 1. The molecule has 1 aliphatic heterocycles. The predicted octanol–water partition coefficient (Wildman–Crippen LogP) is 3.13. The van der Waals surface area contributed by atoms with Gasteiger partial charge in [0.15, 0.2) is 5.65 Å². The Bertz CT molecular complexity index is 602. The van der Waals surface area contributed by atoms with Gasteiger partial charge in [-0.3, -0.25) is 0 Å². The SMILES string of the molecule is CN1CCC(n2c(CCCl)nc3cc(Cl)cnc32)CC1. The summed E-state index contributed by atoms with van der Waals surface area (Å²) < 4.78 is 2.28. The van der Waals surface area contributed by atoms with Gasteiger partial charge in [-0.15, -0.1) is 11.6 Å². The minimum absolute atomic E-state index is 0.461. The lowest BCUT2D eigenvalue weighted by Crippen LogP contribution is -2.32. The molecule has 0 aromatic carbocycles. The average Bonchev–Trinajstić information content (AvgIpc) is 2.77. The summed E-state index contributed by atoms with van der Waals surface area (Å²) in [4.78, 5) is 11.5. The monoisotopic (exact) mass is 312 g/mol. The molecule has 0 spiro atoms. The number of likely N-dealkylation sites (tertiary alicyclic amines) is 1. The standard InChI is InChI=1S/C14H18Cl2N4/c1-19-6-3-11(4-7-19)20-13(2-5-15)18-12-8-10(16)9-17-14(12)20/h8-9,11H,2-7H2,1H3. The van der Waals surface area contributed by atoms with E-state index in [-0.39, 0.29) is 0 Å². The largest absolute Gasteiger partial charge is 0.309 e. The molecule has 1 saturated heterocycles. The smallest absolute Gasteiger partial charge is 0.160 e. The van der Waals surface area contributed by atoms with E-state index < -0.39 is 0 Å². The van der Waals surface area contributed by atoms with E-state index in [0.717, 1.165) is 49.3 Å². The highest BCUT2D eigenvalue weighted by Crippen LogP contribution is 2.28. The van der Waals surface area contributed by atoms with Gasteiger partial charge in [0, 0.05) is 24.5 Å². The van der Waals surface area contributed by atoms with Crippen LogP contribution in [0.25, 0.3) is 11.2 Å². The van der Waals surface area contributed by atoms with Crippen LogP contribution in [-0.2, 0) is 6.42 Å². The van der Waals surface area contributed by atoms with Crippen molar-refractivity contribution < 1.29 is 0 Å². The zero-order chi connectivity index (χ0) is 14.1. The first-order valence-corrected chi connectivity index (χ1v) is 7.87. The molecule has 2 aromatic heterocycles. The number of halogens is 2. The summed E-state index contributed by atoms with van der Waals surface area (Å²) in [6.45, 7) is 2.22. The number of piperidine rings is 1. The van der Waals surface area contributed by atoms with Crippen LogP contribution in [0, 0.1) is 0 Å². The van der Waals surface area contributed by atoms with Gasteiger partial charge in [0.05, 0.1) is 5.02 Å². The minimum atomic E-state index is 0.461. The fourth-order valence-electron chi connectivity index (χ4n) is 2.90. The summed E-state index contributed by atoms with van der Waals surface area (Å²) in [6, 6.07) is 2.34. The van der Waals surface area contributed by atoms with Gasteiger partial charge in [-0.2, -0.15) is 0 Å². The molecular formula is C14H18Cl2N4. The molecule has 0 unspecified atom stereocenters. The van der Waals surface area contributed by atoms with Crippen molar-refractivity contribution in [3.05, 3.63) is 23.1 Å². The third-order valence-corrected chi connectivity index (χ3v) is 4.34. The summed E-state index contributed by atoms with van der Waals surface area (Å²) in [5.74, 6) is 1.60. The average molecular weight is 313 g/mol. The number of pyridine rings is 1. The summed E-state index contributed by atoms with van der Waals surface area (Å²) in [6.07, 6.45) is 4.71. The van der Waals surface area contributed by atoms with Gasteiger partial charge in [-0.05, 0) is 39.0 Å². The molecule has 0 atom stereocenters. The Balaban J connectivity index is 2.04. The molecule has 3 rings (SSSR count). The Kier molecular flexibility index (Phi) is 4.15. The van der Waals surface area contributed by atoms with Gasteiger partial charge in [-0.25, -0.2) is 9.97 Å². The van der Waals surface area contributed by atoms with E-state index in [1.165, 1.54) is 0 Å². The van der Waals surface area contributed by atoms with E-state index in [1.54, 1.807) is 6.20 Å². The Morgan fingerprint density at radius 3 is 2.80 bits per heavy atom. The number of alkyl halides is 1. The first kappa shape index (κ1) is 14.1. The van der Waals surface area contributed by atoms with E-state index in [1.807, 2.05) is 6.07 Å². The van der Waals surface area contributed by atoms with Crippen molar-refractivity contribution in [2.75, 3.05) is 26.0 Å². The second-order valence-electron chi connectivity index (χ2n) is 5.37. The molecule has 0 amide bonds. The van der Waals surface area contributed by atoms with Crippen molar-refractivity contribution in [3.63, 3.8) is 0 Å². The third kappa shape index (κ3) is 2.65. The van der Waals surface area contributed by atoms with Crippen LogP contribution < -0.4 is 0 Å². The van der Waals surface area contributed by atoms with Crippen LogP contribution in [0.15, 0.2) is 12.3 Å². The van der Waals surface area contributed by atoms with Crippen LogP contribution in [0.3, 0.4) is 0 Å². The molecule has 108 valence electrons. The van der Waals surface area contributed by atoms with Gasteiger partial charge < -0.3 is 9.47 Å². The number of aryl methyl sites for hydroxylation is 1. The fraction of sp³-hybridized carbons (Fsp3) is 0.571. The molecular weight excluding hydrogens is 295 g/mol. The number of fused-ring (bicyclic) bond motifs is 1. The van der Waals surface area contributed by atoms with E-state index in [0.29, 0.717) is 16.9 Å². The lowest BCUT2D eigenvalue weighted by molar-refractivity contribution is 0.221. The van der Waals surface area contributed by atoms with Gasteiger partial charge in [0.1, 0.15) is 11.3 Å². The van der Waals surface area contributed by atoms with Crippen molar-refractivity contribution in [2.45, 2.75) is 25.3 Å². The molecule has 1 aliphatic rings. The molecule has 2 aromatic rings. The second kappa shape index (κ2) is 5.88. The van der Waals surface area contributed by atoms with E-state index >= 15 is 0 Å². The molecule has 0 N–H and O–H groups in total. The highest BCUT2D eigenvalue weighted by Gasteiger charge is 2.23. The maximum absolute atomic E-state index is 6.02. The van der Waals surface area contributed by atoms with Crippen molar-refractivity contribution in [3.8, 4) is 0 Å². The quantitative estimate of drug-likeness (QED) is 0.817. The Labute approximate surface area is 128 Å². The van der Waals surface area contributed by atoms with E-state index in [9.17, 15) is 0 Å². The number of nitrogens with zero attached hydrogens (tertiary/aromatic N) is 4. The summed E-state index contributed by atoms with van der Waals surface area (Å²) in [5.41, 5.74) is 1.81. The second-order valence-corrected chi connectivity index (χ2v) is 6.18. The maximum Gasteiger partial charge on any atom is 0.160 e. The topological polar surface area (TPSA) is 34.0 Å². The molecule has 0 bridgehead atoms. The number of hydrogen-bond donors (Lipinski definition) is 0. The highest BCUT2D eigenvalue weighted by molar-refractivity contribution is 6.31. The maximum atomic E-state index is 6.02. The van der Waals surface area contributed by atoms with Crippen molar-refractivity contribution in [1.82, 2.24) is 19.4 Å². The Hall–Kier alpha value is -0.840. The summed E-state index contributed by atoms with van der Waals surface area (Å²) >= 11 is 11.9. The van der Waals surface area contributed by atoms with Gasteiger partial charge in [0.2, 0.25) is 0 Å². The highest BCUT2D eigenvalue weighted by atomic mass is 35.5. The van der Waals surface area contributed by atoms with E-state index in [2.05, 4.69) is 26.5 Å². The van der Waals surface area contributed by atoms with Crippen LogP contribution in [0.4, 0.5) is 0 Å².